The van der Waals surface area contributed by atoms with Crippen LogP contribution in [-0.2, 0) is 33.2 Å². The molecule has 0 aromatic carbocycles. The summed E-state index contributed by atoms with van der Waals surface area (Å²) in [5.74, 6) is -0.608. The second-order valence-electron chi connectivity index (χ2n) is 11.4. The third-order valence-corrected chi connectivity index (χ3v) is 8.69. The molecule has 1 aliphatic carbocycles. The van der Waals surface area contributed by atoms with Crippen LogP contribution in [0.3, 0.4) is 0 Å². The summed E-state index contributed by atoms with van der Waals surface area (Å²) < 4.78 is 36.7. The summed E-state index contributed by atoms with van der Waals surface area (Å²) in [7, 11) is 0. The van der Waals surface area contributed by atoms with E-state index in [1.54, 1.807) is 6.92 Å². The Kier molecular flexibility index (Phi) is 11.6. The van der Waals surface area contributed by atoms with Gasteiger partial charge in [0.15, 0.2) is 12.6 Å². The molecule has 232 valence electrons. The highest BCUT2D eigenvalue weighted by atomic mass is 16.7. The first-order chi connectivity index (χ1) is 19.2. The van der Waals surface area contributed by atoms with Crippen LogP contribution in [0.4, 0.5) is 0 Å². The maximum absolute atomic E-state index is 12.1. The summed E-state index contributed by atoms with van der Waals surface area (Å²) in [6.45, 7) is 3.45. The van der Waals surface area contributed by atoms with Crippen LogP contribution in [0.2, 0.25) is 0 Å². The second-order valence-corrected chi connectivity index (χ2v) is 11.4. The number of nitrogens with two attached hydrogens (primary N) is 1. The lowest BCUT2D eigenvalue weighted by molar-refractivity contribution is -0.353. The number of fused-ring (bicyclic) bond motifs is 1. The molecular weight excluding hydrogens is 530 g/mol. The first-order valence-electron chi connectivity index (χ1n) is 14.7. The second kappa shape index (κ2) is 14.5. The number of aliphatic hydroxyl groups excluding tert-OH is 5. The minimum Gasteiger partial charge on any atom is -0.394 e. The maximum atomic E-state index is 12.1. The summed E-state index contributed by atoms with van der Waals surface area (Å²) >= 11 is 0. The molecular formula is C27H47NO12. The number of primary amides is 1. The Bertz CT molecular complexity index is 805. The topological polar surface area (TPSA) is 200 Å². The minimum absolute atomic E-state index is 0.0351. The molecule has 1 saturated carbocycles. The van der Waals surface area contributed by atoms with E-state index < -0.39 is 92.2 Å². The van der Waals surface area contributed by atoms with Gasteiger partial charge in [-0.25, -0.2) is 0 Å². The third kappa shape index (κ3) is 7.14. The van der Waals surface area contributed by atoms with Crippen molar-refractivity contribution < 1.29 is 58.7 Å². The quantitative estimate of drug-likeness (QED) is 0.218. The molecule has 0 bridgehead atoms. The van der Waals surface area contributed by atoms with Crippen molar-refractivity contribution in [1.29, 1.82) is 0 Å². The third-order valence-electron chi connectivity index (χ3n) is 8.69. The molecule has 0 radical (unpaired) electrons. The van der Waals surface area contributed by atoms with Crippen molar-refractivity contribution in [2.75, 3.05) is 13.2 Å². The van der Waals surface area contributed by atoms with Crippen molar-refractivity contribution in [2.45, 2.75) is 145 Å². The van der Waals surface area contributed by atoms with E-state index in [1.807, 2.05) is 6.92 Å². The number of carbonyl (C=O) groups is 1. The van der Waals surface area contributed by atoms with E-state index in [0.717, 1.165) is 32.1 Å². The highest BCUT2D eigenvalue weighted by molar-refractivity contribution is 5.78. The van der Waals surface area contributed by atoms with Crippen molar-refractivity contribution in [3.8, 4) is 0 Å². The maximum Gasteiger partial charge on any atom is 0.246 e. The van der Waals surface area contributed by atoms with E-state index in [0.29, 0.717) is 25.9 Å². The predicted molar refractivity (Wildman–Crippen MR) is 138 cm³/mol. The molecule has 14 atom stereocenters. The Balaban J connectivity index is 1.56. The summed E-state index contributed by atoms with van der Waals surface area (Å²) in [6, 6.07) is 0. The SMILES string of the molecule is CCC1CCCC(OC2OC(CO)C(O)C3OC(C(N)=O)CCCCCOC23)C1OC1OC(C)C(O)C(O)C1O. The zero-order valence-corrected chi connectivity index (χ0v) is 23.3. The van der Waals surface area contributed by atoms with Crippen molar-refractivity contribution >= 4 is 5.91 Å². The minimum atomic E-state index is -1.46. The fourth-order valence-electron chi connectivity index (χ4n) is 6.22. The number of ether oxygens (including phenoxy) is 6. The number of aliphatic hydroxyl groups is 5. The van der Waals surface area contributed by atoms with Crippen LogP contribution in [0.5, 0.6) is 0 Å². The van der Waals surface area contributed by atoms with Gasteiger partial charge in [-0.2, -0.15) is 0 Å². The Labute approximate surface area is 234 Å². The lowest BCUT2D eigenvalue weighted by atomic mass is 9.82. The zero-order chi connectivity index (χ0) is 29.0. The molecule has 14 unspecified atom stereocenters. The molecule has 40 heavy (non-hydrogen) atoms. The molecule has 4 aliphatic rings. The summed E-state index contributed by atoms with van der Waals surface area (Å²) in [4.78, 5) is 12.1. The van der Waals surface area contributed by atoms with Crippen molar-refractivity contribution in [1.82, 2.24) is 0 Å². The first kappa shape index (κ1) is 32.0. The fraction of sp³-hybridized carbons (Fsp3) is 0.963. The van der Waals surface area contributed by atoms with E-state index >= 15 is 0 Å². The molecule has 1 amide bonds. The van der Waals surface area contributed by atoms with Gasteiger partial charge in [-0.05, 0) is 38.5 Å². The molecule has 3 heterocycles. The number of rotatable bonds is 7. The van der Waals surface area contributed by atoms with Crippen LogP contribution >= 0.6 is 0 Å². The van der Waals surface area contributed by atoms with Crippen LogP contribution in [0.25, 0.3) is 0 Å². The molecule has 3 saturated heterocycles. The van der Waals surface area contributed by atoms with Crippen LogP contribution < -0.4 is 5.73 Å². The van der Waals surface area contributed by atoms with E-state index in [2.05, 4.69) is 0 Å². The average molecular weight is 578 g/mol. The van der Waals surface area contributed by atoms with Crippen molar-refractivity contribution in [3.05, 3.63) is 0 Å². The van der Waals surface area contributed by atoms with Gasteiger partial charge in [-0.15, -0.1) is 0 Å². The van der Waals surface area contributed by atoms with Gasteiger partial charge in [0.1, 0.15) is 48.8 Å². The number of hydrogen-bond donors (Lipinski definition) is 6. The van der Waals surface area contributed by atoms with Gasteiger partial charge in [-0.1, -0.05) is 32.6 Å². The molecule has 0 aromatic rings. The van der Waals surface area contributed by atoms with Gasteiger partial charge in [0.05, 0.1) is 24.9 Å². The Hall–Kier alpha value is -0.970. The molecule has 7 N–H and O–H groups in total. The highest BCUT2D eigenvalue weighted by Gasteiger charge is 2.51. The van der Waals surface area contributed by atoms with Gasteiger partial charge in [0.2, 0.25) is 5.91 Å². The summed E-state index contributed by atoms with van der Waals surface area (Å²) in [5, 5.41) is 52.0. The molecule has 0 spiro atoms. The molecule has 4 fully saturated rings. The zero-order valence-electron chi connectivity index (χ0n) is 23.3. The predicted octanol–water partition coefficient (Wildman–Crippen LogP) is -0.929. The van der Waals surface area contributed by atoms with E-state index in [9.17, 15) is 30.3 Å². The average Bonchev–Trinajstić information content (AvgIpc) is 2.94. The van der Waals surface area contributed by atoms with Crippen LogP contribution in [0.15, 0.2) is 0 Å². The summed E-state index contributed by atoms with van der Waals surface area (Å²) in [6.07, 6.45) is -7.88. The summed E-state index contributed by atoms with van der Waals surface area (Å²) in [5.41, 5.74) is 5.59. The lowest BCUT2D eigenvalue weighted by Crippen LogP contribution is -2.63. The molecule has 4 rings (SSSR count). The molecule has 3 aliphatic heterocycles. The Morgan fingerprint density at radius 1 is 0.850 bits per heavy atom. The standard InChI is InChI=1S/C27H47NO12/c1-3-14-8-7-10-15(22(14)40-26-21(33)20(32)18(30)13(2)36-26)38-27-24-23(19(31)17(12-29)39-27)37-16(25(28)34)9-5-4-6-11-35-24/h13-24,26-27,29-33H,3-12H2,1-2H3,(H2,28,34). The first-order valence-corrected chi connectivity index (χ1v) is 14.7. The molecule has 0 aromatic heterocycles. The van der Waals surface area contributed by atoms with Crippen LogP contribution in [0, 0.1) is 5.92 Å². The lowest BCUT2D eigenvalue weighted by Gasteiger charge is -2.48. The Morgan fingerprint density at radius 3 is 2.33 bits per heavy atom. The normalized spacial score (nSPS) is 47.3. The fourth-order valence-corrected chi connectivity index (χ4v) is 6.22. The van der Waals surface area contributed by atoms with Gasteiger partial charge in [-0.3, -0.25) is 4.79 Å². The number of amides is 1. The van der Waals surface area contributed by atoms with E-state index in [-0.39, 0.29) is 5.92 Å². The van der Waals surface area contributed by atoms with Gasteiger partial charge < -0.3 is 59.7 Å². The van der Waals surface area contributed by atoms with Gasteiger partial charge in [0, 0.05) is 6.61 Å². The van der Waals surface area contributed by atoms with Gasteiger partial charge >= 0.3 is 0 Å². The van der Waals surface area contributed by atoms with Crippen LogP contribution in [-0.4, -0.2) is 124 Å². The smallest absolute Gasteiger partial charge is 0.246 e. The number of hydrogen-bond acceptors (Lipinski definition) is 12. The Morgan fingerprint density at radius 2 is 1.62 bits per heavy atom. The largest absolute Gasteiger partial charge is 0.394 e. The van der Waals surface area contributed by atoms with E-state index in [4.69, 9.17) is 34.2 Å². The van der Waals surface area contributed by atoms with Crippen molar-refractivity contribution in [2.24, 2.45) is 11.7 Å². The molecule has 13 nitrogen and oxygen atoms in total. The highest BCUT2D eigenvalue weighted by Crippen LogP contribution is 2.37. The monoisotopic (exact) mass is 577 g/mol. The molecule has 13 heteroatoms. The van der Waals surface area contributed by atoms with Crippen molar-refractivity contribution in [3.63, 3.8) is 0 Å². The number of carbonyl (C=O) groups excluding carboxylic acids is 1. The van der Waals surface area contributed by atoms with Crippen LogP contribution in [0.1, 0.15) is 65.2 Å². The van der Waals surface area contributed by atoms with Gasteiger partial charge in [0.25, 0.3) is 0 Å². The van der Waals surface area contributed by atoms with E-state index in [1.165, 1.54) is 0 Å².